The molecule has 6 heteroatoms. The van der Waals surface area contributed by atoms with Crippen LogP contribution in [0.15, 0.2) is 30.3 Å². The molecule has 0 radical (unpaired) electrons. The molecule has 0 atom stereocenters. The van der Waals surface area contributed by atoms with Crippen molar-refractivity contribution in [2.45, 2.75) is 19.8 Å². The van der Waals surface area contributed by atoms with Crippen molar-refractivity contribution in [2.24, 2.45) is 0 Å². The largest absolute Gasteiger partial charge is 0.465 e. The zero-order valence-electron chi connectivity index (χ0n) is 13.4. The lowest BCUT2D eigenvalue weighted by Gasteiger charge is -2.17. The summed E-state index contributed by atoms with van der Waals surface area (Å²) in [7, 11) is 1.37. The second kappa shape index (κ2) is 6.64. The Morgan fingerprint density at radius 3 is 2.74 bits per heavy atom. The Bertz CT molecular complexity index is 711. The van der Waals surface area contributed by atoms with E-state index in [0.29, 0.717) is 11.5 Å². The number of nitrogens with one attached hydrogen (secondary N) is 1. The van der Waals surface area contributed by atoms with Crippen LogP contribution in [-0.4, -0.2) is 36.1 Å². The van der Waals surface area contributed by atoms with E-state index in [4.69, 9.17) is 4.74 Å². The molecule has 0 saturated carbocycles. The highest BCUT2D eigenvalue weighted by molar-refractivity contribution is 5.90. The van der Waals surface area contributed by atoms with Crippen LogP contribution in [0.5, 0.6) is 0 Å². The molecule has 1 aliphatic heterocycles. The molecule has 23 heavy (non-hydrogen) atoms. The third-order valence-corrected chi connectivity index (χ3v) is 3.81. The van der Waals surface area contributed by atoms with E-state index in [1.54, 1.807) is 18.2 Å². The van der Waals surface area contributed by atoms with E-state index in [1.807, 2.05) is 19.1 Å². The number of rotatable bonds is 4. The van der Waals surface area contributed by atoms with Gasteiger partial charge in [-0.1, -0.05) is 6.07 Å². The van der Waals surface area contributed by atoms with Crippen molar-refractivity contribution in [3.8, 4) is 0 Å². The lowest BCUT2D eigenvalue weighted by molar-refractivity contribution is 0.0601. The number of aromatic nitrogens is 2. The molecule has 3 rings (SSSR count). The van der Waals surface area contributed by atoms with Crippen LogP contribution in [0.3, 0.4) is 0 Å². The number of hydrogen-bond acceptors (Lipinski definition) is 6. The number of benzene rings is 1. The summed E-state index contributed by atoms with van der Waals surface area (Å²) >= 11 is 0. The molecule has 6 nitrogen and oxygen atoms in total. The number of anilines is 3. The Balaban J connectivity index is 1.83. The number of carbonyl (C=O) groups excluding carboxylic acids is 1. The molecule has 0 aliphatic carbocycles. The van der Waals surface area contributed by atoms with Gasteiger partial charge in [0.25, 0.3) is 0 Å². The standard InChI is InChI=1S/C17H20N4O2/c1-12-10-15(21-8-3-4-9-21)20-17(18-12)19-14-7-5-6-13(11-14)16(22)23-2/h5-7,10-11H,3-4,8-9H2,1-2H3,(H,18,19,20). The van der Waals surface area contributed by atoms with Crippen LogP contribution >= 0.6 is 0 Å². The molecule has 0 unspecified atom stereocenters. The van der Waals surface area contributed by atoms with E-state index in [-0.39, 0.29) is 5.97 Å². The number of ether oxygens (including phenoxy) is 1. The Morgan fingerprint density at radius 1 is 1.22 bits per heavy atom. The fourth-order valence-electron chi connectivity index (χ4n) is 2.69. The summed E-state index contributed by atoms with van der Waals surface area (Å²) in [6.45, 7) is 4.03. The predicted molar refractivity (Wildman–Crippen MR) is 89.3 cm³/mol. The summed E-state index contributed by atoms with van der Waals surface area (Å²) in [5, 5.41) is 3.17. The maximum atomic E-state index is 11.6. The Morgan fingerprint density at radius 2 is 2.00 bits per heavy atom. The molecule has 0 amide bonds. The Hall–Kier alpha value is -2.63. The summed E-state index contributed by atoms with van der Waals surface area (Å²) in [4.78, 5) is 22.9. The molecule has 1 saturated heterocycles. The van der Waals surface area contributed by atoms with Gasteiger partial charge in [-0.05, 0) is 38.0 Å². The average molecular weight is 312 g/mol. The molecule has 2 heterocycles. The summed E-state index contributed by atoms with van der Waals surface area (Å²) in [5.41, 5.74) is 2.16. The maximum absolute atomic E-state index is 11.6. The van der Waals surface area contributed by atoms with Crippen molar-refractivity contribution < 1.29 is 9.53 Å². The van der Waals surface area contributed by atoms with Crippen LogP contribution in [0.25, 0.3) is 0 Å². The van der Waals surface area contributed by atoms with E-state index in [0.717, 1.165) is 30.3 Å². The predicted octanol–water partition coefficient (Wildman–Crippen LogP) is 2.92. The van der Waals surface area contributed by atoms with Crippen molar-refractivity contribution >= 4 is 23.4 Å². The SMILES string of the molecule is COC(=O)c1cccc(Nc2nc(C)cc(N3CCCC3)n2)c1. The highest BCUT2D eigenvalue weighted by atomic mass is 16.5. The first-order chi connectivity index (χ1) is 11.2. The van der Waals surface area contributed by atoms with E-state index >= 15 is 0 Å². The van der Waals surface area contributed by atoms with Crippen LogP contribution < -0.4 is 10.2 Å². The minimum atomic E-state index is -0.364. The number of hydrogen-bond donors (Lipinski definition) is 1. The van der Waals surface area contributed by atoms with Gasteiger partial charge in [0.05, 0.1) is 12.7 Å². The Kier molecular flexibility index (Phi) is 4.41. The molecule has 0 bridgehead atoms. The van der Waals surface area contributed by atoms with Gasteiger partial charge in [0.2, 0.25) is 5.95 Å². The highest BCUT2D eigenvalue weighted by Gasteiger charge is 2.15. The van der Waals surface area contributed by atoms with Gasteiger partial charge in [0.15, 0.2) is 0 Å². The molecule has 120 valence electrons. The number of esters is 1. The summed E-state index contributed by atoms with van der Waals surface area (Å²) in [6.07, 6.45) is 2.40. The Labute approximate surface area is 135 Å². The fourth-order valence-corrected chi connectivity index (χ4v) is 2.69. The van der Waals surface area contributed by atoms with Gasteiger partial charge >= 0.3 is 5.97 Å². The summed E-state index contributed by atoms with van der Waals surface area (Å²) < 4.78 is 4.74. The first-order valence-corrected chi connectivity index (χ1v) is 7.72. The third-order valence-electron chi connectivity index (χ3n) is 3.81. The number of nitrogens with zero attached hydrogens (tertiary/aromatic N) is 3. The fraction of sp³-hybridized carbons (Fsp3) is 0.353. The van der Waals surface area contributed by atoms with Gasteiger partial charge in [-0.15, -0.1) is 0 Å². The van der Waals surface area contributed by atoms with Gasteiger partial charge in [0, 0.05) is 30.5 Å². The van der Waals surface area contributed by atoms with E-state index in [1.165, 1.54) is 20.0 Å². The van der Waals surface area contributed by atoms with E-state index in [2.05, 4.69) is 20.2 Å². The molecule has 1 aromatic heterocycles. The number of methoxy groups -OCH3 is 1. The molecule has 0 spiro atoms. The van der Waals surface area contributed by atoms with Crippen LogP contribution in [0.2, 0.25) is 0 Å². The zero-order chi connectivity index (χ0) is 16.2. The lowest BCUT2D eigenvalue weighted by atomic mass is 10.2. The highest BCUT2D eigenvalue weighted by Crippen LogP contribution is 2.22. The lowest BCUT2D eigenvalue weighted by Crippen LogP contribution is -2.19. The van der Waals surface area contributed by atoms with Crippen molar-refractivity contribution in [3.05, 3.63) is 41.6 Å². The summed E-state index contributed by atoms with van der Waals surface area (Å²) in [6, 6.07) is 9.11. The van der Waals surface area contributed by atoms with Crippen LogP contribution in [0.1, 0.15) is 28.9 Å². The average Bonchev–Trinajstić information content (AvgIpc) is 3.08. The minimum Gasteiger partial charge on any atom is -0.465 e. The molecule has 1 N–H and O–H groups in total. The smallest absolute Gasteiger partial charge is 0.337 e. The zero-order valence-corrected chi connectivity index (χ0v) is 13.4. The van der Waals surface area contributed by atoms with Crippen molar-refractivity contribution in [1.29, 1.82) is 0 Å². The molecule has 1 aromatic carbocycles. The first-order valence-electron chi connectivity index (χ1n) is 7.72. The molecular weight excluding hydrogens is 292 g/mol. The van der Waals surface area contributed by atoms with Gasteiger partial charge in [-0.2, -0.15) is 4.98 Å². The number of aryl methyl sites for hydroxylation is 1. The van der Waals surface area contributed by atoms with Crippen molar-refractivity contribution in [2.75, 3.05) is 30.4 Å². The van der Waals surface area contributed by atoms with Crippen LogP contribution in [0, 0.1) is 6.92 Å². The second-order valence-corrected chi connectivity index (χ2v) is 5.58. The maximum Gasteiger partial charge on any atom is 0.337 e. The molecule has 2 aromatic rings. The van der Waals surface area contributed by atoms with E-state index in [9.17, 15) is 4.79 Å². The monoisotopic (exact) mass is 312 g/mol. The van der Waals surface area contributed by atoms with Gasteiger partial charge < -0.3 is 15.0 Å². The normalized spacial score (nSPS) is 13.9. The van der Waals surface area contributed by atoms with Gasteiger partial charge in [-0.3, -0.25) is 0 Å². The minimum absolute atomic E-state index is 0.364. The number of carbonyl (C=O) groups is 1. The summed E-state index contributed by atoms with van der Waals surface area (Å²) in [5.74, 6) is 1.12. The topological polar surface area (TPSA) is 67.3 Å². The third kappa shape index (κ3) is 3.59. The van der Waals surface area contributed by atoms with Gasteiger partial charge in [0.1, 0.15) is 5.82 Å². The van der Waals surface area contributed by atoms with Crippen LogP contribution in [0.4, 0.5) is 17.5 Å². The molecule has 1 fully saturated rings. The van der Waals surface area contributed by atoms with Crippen molar-refractivity contribution in [3.63, 3.8) is 0 Å². The van der Waals surface area contributed by atoms with Gasteiger partial charge in [-0.25, -0.2) is 9.78 Å². The molecular formula is C17H20N4O2. The van der Waals surface area contributed by atoms with E-state index < -0.39 is 0 Å². The second-order valence-electron chi connectivity index (χ2n) is 5.58. The van der Waals surface area contributed by atoms with Crippen molar-refractivity contribution in [1.82, 2.24) is 9.97 Å². The molecule has 1 aliphatic rings. The quantitative estimate of drug-likeness (QED) is 0.876. The van der Waals surface area contributed by atoms with Crippen LogP contribution in [-0.2, 0) is 4.74 Å². The first kappa shape index (κ1) is 15.3.